The molecular formula is C30H27FN4O5S. The standard InChI is InChI=1S/C30H27FN4O5S/c31-28-23(18-1-2-18)6-7-25-29(28)35(9-10-40-25)27-8-5-20-15-32-22(14-24(20)34-27)16-33-30(36)19-3-4-21-17-39-11-12-41(37,38)26(21)13-19/h3-8,13-15,18H,1-2,9-12,16-17H2,(H,33,36). The van der Waals surface area contributed by atoms with E-state index in [0.29, 0.717) is 47.2 Å². The van der Waals surface area contributed by atoms with Crippen LogP contribution in [0.25, 0.3) is 10.9 Å². The number of aromatic nitrogens is 2. The van der Waals surface area contributed by atoms with E-state index in [1.807, 2.05) is 29.2 Å². The van der Waals surface area contributed by atoms with Gasteiger partial charge >= 0.3 is 0 Å². The molecule has 3 aliphatic rings. The van der Waals surface area contributed by atoms with Crippen LogP contribution in [0.2, 0.25) is 0 Å². The van der Waals surface area contributed by atoms with Gasteiger partial charge in [0.05, 0.1) is 48.2 Å². The van der Waals surface area contributed by atoms with Crippen LogP contribution in [0, 0.1) is 5.82 Å². The molecule has 1 N–H and O–H groups in total. The van der Waals surface area contributed by atoms with Gasteiger partial charge in [-0.3, -0.25) is 9.78 Å². The van der Waals surface area contributed by atoms with Crippen molar-refractivity contribution in [2.75, 3.05) is 30.4 Å². The minimum atomic E-state index is -3.53. The number of nitrogens with zero attached hydrogens (tertiary/aromatic N) is 3. The summed E-state index contributed by atoms with van der Waals surface area (Å²) in [7, 11) is -3.53. The highest BCUT2D eigenvalue weighted by atomic mass is 32.2. The van der Waals surface area contributed by atoms with Crippen molar-refractivity contribution in [2.24, 2.45) is 0 Å². The van der Waals surface area contributed by atoms with E-state index < -0.39 is 15.7 Å². The molecule has 210 valence electrons. The van der Waals surface area contributed by atoms with Gasteiger partial charge in [0.15, 0.2) is 15.7 Å². The molecule has 1 amide bonds. The number of hydrogen-bond donors (Lipinski definition) is 1. The molecule has 0 bridgehead atoms. The molecule has 1 saturated carbocycles. The average molecular weight is 575 g/mol. The smallest absolute Gasteiger partial charge is 0.251 e. The molecule has 7 rings (SSSR count). The largest absolute Gasteiger partial charge is 0.489 e. The third-order valence-corrected chi connectivity index (χ3v) is 9.46. The number of halogens is 1. The lowest BCUT2D eigenvalue weighted by atomic mass is 10.1. The van der Waals surface area contributed by atoms with Crippen molar-refractivity contribution in [2.45, 2.75) is 36.8 Å². The Morgan fingerprint density at radius 3 is 2.83 bits per heavy atom. The zero-order valence-electron chi connectivity index (χ0n) is 22.1. The van der Waals surface area contributed by atoms with E-state index in [9.17, 15) is 13.2 Å². The Kier molecular flexibility index (Phi) is 6.35. The maximum Gasteiger partial charge on any atom is 0.251 e. The van der Waals surface area contributed by atoms with Crippen molar-refractivity contribution < 1.29 is 27.1 Å². The maximum atomic E-state index is 15.6. The molecule has 1 aliphatic carbocycles. The summed E-state index contributed by atoms with van der Waals surface area (Å²) in [6.45, 7) is 1.31. The van der Waals surface area contributed by atoms with E-state index in [4.69, 9.17) is 14.5 Å². The highest BCUT2D eigenvalue weighted by Gasteiger charge is 2.32. The van der Waals surface area contributed by atoms with Crippen molar-refractivity contribution in [3.05, 3.63) is 82.9 Å². The van der Waals surface area contributed by atoms with Crippen LogP contribution in [0.4, 0.5) is 15.9 Å². The van der Waals surface area contributed by atoms with Crippen LogP contribution in [0.1, 0.15) is 45.9 Å². The van der Waals surface area contributed by atoms with E-state index in [2.05, 4.69) is 10.3 Å². The first-order valence-corrected chi connectivity index (χ1v) is 15.2. The Morgan fingerprint density at radius 1 is 1.10 bits per heavy atom. The molecule has 2 aromatic carbocycles. The van der Waals surface area contributed by atoms with Gasteiger partial charge in [-0.2, -0.15) is 0 Å². The molecule has 9 nitrogen and oxygen atoms in total. The van der Waals surface area contributed by atoms with Gasteiger partial charge in [-0.05, 0) is 66.3 Å². The Hall–Kier alpha value is -4.09. The number of carbonyl (C=O) groups is 1. The number of ether oxygens (including phenoxy) is 2. The summed E-state index contributed by atoms with van der Waals surface area (Å²) in [5.74, 6) is 0.598. The van der Waals surface area contributed by atoms with Crippen LogP contribution in [0.5, 0.6) is 5.75 Å². The predicted octanol–water partition coefficient (Wildman–Crippen LogP) is 4.41. The predicted molar refractivity (Wildman–Crippen MR) is 150 cm³/mol. The first-order chi connectivity index (χ1) is 19.9. The monoisotopic (exact) mass is 574 g/mol. The second-order valence-corrected chi connectivity index (χ2v) is 12.6. The molecule has 1 fully saturated rings. The van der Waals surface area contributed by atoms with Crippen LogP contribution in [-0.4, -0.2) is 49.8 Å². The summed E-state index contributed by atoms with van der Waals surface area (Å²) < 4.78 is 51.9. The minimum Gasteiger partial charge on any atom is -0.489 e. The lowest BCUT2D eigenvalue weighted by Gasteiger charge is -2.31. The van der Waals surface area contributed by atoms with Gasteiger partial charge in [0.25, 0.3) is 5.91 Å². The number of nitrogens with one attached hydrogen (secondary N) is 1. The first kappa shape index (κ1) is 25.8. The van der Waals surface area contributed by atoms with E-state index in [1.54, 1.807) is 24.4 Å². The topological polar surface area (TPSA) is 111 Å². The quantitative estimate of drug-likeness (QED) is 0.373. The SMILES string of the molecule is O=C(NCc1cc2nc(N3CCOc4ccc(C5CC5)c(F)c43)ccc2cn1)c1ccc2c(c1)S(=O)(=O)CCOC2. The van der Waals surface area contributed by atoms with Gasteiger partial charge in [0.1, 0.15) is 23.9 Å². The number of rotatable bonds is 5. The molecule has 2 aliphatic heterocycles. The highest BCUT2D eigenvalue weighted by Crippen LogP contribution is 2.47. The number of amides is 1. The maximum absolute atomic E-state index is 15.6. The fourth-order valence-electron chi connectivity index (χ4n) is 5.36. The van der Waals surface area contributed by atoms with Crippen molar-refractivity contribution in [3.8, 4) is 5.75 Å². The van der Waals surface area contributed by atoms with Crippen molar-refractivity contribution in [3.63, 3.8) is 0 Å². The zero-order valence-corrected chi connectivity index (χ0v) is 22.9. The Morgan fingerprint density at radius 2 is 1.98 bits per heavy atom. The second kappa shape index (κ2) is 10.1. The number of benzene rings is 2. The lowest BCUT2D eigenvalue weighted by Crippen LogP contribution is -2.30. The summed E-state index contributed by atoms with van der Waals surface area (Å²) in [6, 6.07) is 13.8. The highest BCUT2D eigenvalue weighted by molar-refractivity contribution is 7.91. The van der Waals surface area contributed by atoms with Crippen LogP contribution in [0.3, 0.4) is 0 Å². The Balaban J connectivity index is 1.13. The average Bonchev–Trinajstić information content (AvgIpc) is 3.84. The van der Waals surface area contributed by atoms with Crippen molar-refractivity contribution >= 4 is 38.2 Å². The minimum absolute atomic E-state index is 0.118. The molecule has 41 heavy (non-hydrogen) atoms. The number of carbonyl (C=O) groups excluding carboxylic acids is 1. The van der Waals surface area contributed by atoms with Gasteiger partial charge in [0.2, 0.25) is 0 Å². The number of sulfone groups is 1. The van der Waals surface area contributed by atoms with E-state index in [-0.39, 0.29) is 47.7 Å². The first-order valence-electron chi connectivity index (χ1n) is 13.6. The molecule has 0 radical (unpaired) electrons. The molecule has 2 aromatic heterocycles. The van der Waals surface area contributed by atoms with Gasteiger partial charge in [-0.25, -0.2) is 17.8 Å². The molecule has 0 atom stereocenters. The van der Waals surface area contributed by atoms with Gasteiger partial charge < -0.3 is 19.7 Å². The molecule has 0 unspecified atom stereocenters. The third kappa shape index (κ3) is 4.89. The summed E-state index contributed by atoms with van der Waals surface area (Å²) in [5, 5.41) is 3.63. The summed E-state index contributed by atoms with van der Waals surface area (Å²) in [5.41, 5.74) is 3.17. The summed E-state index contributed by atoms with van der Waals surface area (Å²) in [4.78, 5) is 24.2. The van der Waals surface area contributed by atoms with Crippen molar-refractivity contribution in [1.82, 2.24) is 15.3 Å². The van der Waals surface area contributed by atoms with Crippen LogP contribution >= 0.6 is 0 Å². The molecule has 4 heterocycles. The molecule has 4 aromatic rings. The zero-order chi connectivity index (χ0) is 28.1. The van der Waals surface area contributed by atoms with Crippen LogP contribution < -0.4 is 15.0 Å². The molecule has 0 saturated heterocycles. The number of hydrogen-bond acceptors (Lipinski definition) is 8. The summed E-state index contributed by atoms with van der Waals surface area (Å²) >= 11 is 0. The normalized spacial score (nSPS) is 17.7. The third-order valence-electron chi connectivity index (χ3n) is 7.71. The number of fused-ring (bicyclic) bond motifs is 3. The van der Waals surface area contributed by atoms with E-state index in [0.717, 1.165) is 23.8 Å². The Bertz CT molecular complexity index is 1810. The van der Waals surface area contributed by atoms with Gasteiger partial charge in [-0.15, -0.1) is 0 Å². The van der Waals surface area contributed by atoms with E-state index in [1.165, 1.54) is 6.07 Å². The fourth-order valence-corrected chi connectivity index (χ4v) is 6.75. The molecular weight excluding hydrogens is 547 g/mol. The van der Waals surface area contributed by atoms with Gasteiger partial charge in [0, 0.05) is 17.1 Å². The molecule has 0 spiro atoms. The second-order valence-electron chi connectivity index (χ2n) is 10.5. The van der Waals surface area contributed by atoms with Crippen LogP contribution in [0.15, 0.2) is 59.6 Å². The van der Waals surface area contributed by atoms with Crippen molar-refractivity contribution in [1.29, 1.82) is 0 Å². The van der Waals surface area contributed by atoms with E-state index >= 15 is 4.39 Å². The van der Waals surface area contributed by atoms with Gasteiger partial charge in [-0.1, -0.05) is 12.1 Å². The van der Waals surface area contributed by atoms with Crippen LogP contribution in [-0.2, 0) is 27.7 Å². The molecule has 11 heteroatoms. The number of anilines is 2. The summed E-state index contributed by atoms with van der Waals surface area (Å²) in [6.07, 6.45) is 3.68. The lowest BCUT2D eigenvalue weighted by molar-refractivity contribution is 0.0950. The Labute approximate surface area is 236 Å². The number of pyridine rings is 2. The fraction of sp³-hybridized carbons (Fsp3) is 0.300.